The van der Waals surface area contributed by atoms with Crippen LogP contribution in [0.5, 0.6) is 0 Å². The average molecular weight is 387 g/mol. The SMILES string of the molecule is CCCn1c(=O)[nH]c(=O)c2c(C(=O)Nc3ncc(C)s3)cc(C(C)C)nc21. The summed E-state index contributed by atoms with van der Waals surface area (Å²) in [6.45, 7) is 8.09. The summed E-state index contributed by atoms with van der Waals surface area (Å²) in [6.07, 6.45) is 2.35. The van der Waals surface area contributed by atoms with Crippen molar-refractivity contribution in [3.63, 3.8) is 0 Å². The number of fused-ring (bicyclic) bond motifs is 1. The number of thiazole rings is 1. The molecule has 0 unspecified atom stereocenters. The van der Waals surface area contributed by atoms with E-state index in [2.05, 4.69) is 20.3 Å². The molecule has 0 spiro atoms. The number of hydrogen-bond donors (Lipinski definition) is 2. The maximum atomic E-state index is 12.9. The first kappa shape index (κ1) is 19.0. The lowest BCUT2D eigenvalue weighted by Gasteiger charge is -2.14. The first-order valence-electron chi connectivity index (χ1n) is 8.73. The number of pyridine rings is 1. The number of nitrogens with zero attached hydrogens (tertiary/aromatic N) is 3. The molecule has 3 rings (SSSR count). The number of hydrogen-bond acceptors (Lipinski definition) is 6. The van der Waals surface area contributed by atoms with Gasteiger partial charge in [0.25, 0.3) is 11.5 Å². The summed E-state index contributed by atoms with van der Waals surface area (Å²) >= 11 is 1.34. The van der Waals surface area contributed by atoms with Crippen molar-refractivity contribution in [1.29, 1.82) is 0 Å². The van der Waals surface area contributed by atoms with Crippen LogP contribution in [0.1, 0.15) is 54.0 Å². The number of aryl methyl sites for hydroxylation is 2. The van der Waals surface area contributed by atoms with Gasteiger partial charge in [-0.2, -0.15) is 0 Å². The molecule has 2 N–H and O–H groups in total. The Balaban J connectivity index is 2.26. The summed E-state index contributed by atoms with van der Waals surface area (Å²) in [4.78, 5) is 49.6. The van der Waals surface area contributed by atoms with Gasteiger partial charge in [0.1, 0.15) is 0 Å². The predicted octanol–water partition coefficient (Wildman–Crippen LogP) is 2.64. The van der Waals surface area contributed by atoms with Crippen molar-refractivity contribution < 1.29 is 4.79 Å². The Labute approximate surface area is 159 Å². The minimum atomic E-state index is -0.620. The van der Waals surface area contributed by atoms with E-state index >= 15 is 0 Å². The van der Waals surface area contributed by atoms with E-state index in [0.717, 1.165) is 4.88 Å². The average Bonchev–Trinajstić information content (AvgIpc) is 3.02. The number of H-pyrrole nitrogens is 1. The number of aromatic amines is 1. The minimum Gasteiger partial charge on any atom is -0.298 e. The molecule has 3 aromatic rings. The van der Waals surface area contributed by atoms with Crippen molar-refractivity contribution in [2.45, 2.75) is 46.6 Å². The highest BCUT2D eigenvalue weighted by Gasteiger charge is 2.21. The summed E-state index contributed by atoms with van der Waals surface area (Å²) in [7, 11) is 0. The Morgan fingerprint density at radius 3 is 2.70 bits per heavy atom. The third-order valence-electron chi connectivity index (χ3n) is 4.09. The van der Waals surface area contributed by atoms with Gasteiger partial charge in [-0.1, -0.05) is 20.8 Å². The molecule has 0 aromatic carbocycles. The molecular weight excluding hydrogens is 366 g/mol. The van der Waals surface area contributed by atoms with Gasteiger partial charge in [0.05, 0.1) is 10.9 Å². The number of aromatic nitrogens is 4. The van der Waals surface area contributed by atoms with Crippen molar-refractivity contribution in [3.05, 3.63) is 49.2 Å². The molecule has 0 bridgehead atoms. The molecule has 142 valence electrons. The molecule has 8 nitrogen and oxygen atoms in total. The molecule has 0 fully saturated rings. The van der Waals surface area contributed by atoms with Gasteiger partial charge in [0.2, 0.25) is 0 Å². The van der Waals surface area contributed by atoms with Gasteiger partial charge in [-0.3, -0.25) is 24.5 Å². The van der Waals surface area contributed by atoms with Crippen LogP contribution in [0.4, 0.5) is 5.13 Å². The van der Waals surface area contributed by atoms with Gasteiger partial charge < -0.3 is 0 Å². The molecule has 0 aliphatic heterocycles. The third-order valence-corrected chi connectivity index (χ3v) is 4.92. The lowest BCUT2D eigenvalue weighted by molar-refractivity contribution is 0.102. The van der Waals surface area contributed by atoms with Crippen molar-refractivity contribution in [1.82, 2.24) is 19.5 Å². The van der Waals surface area contributed by atoms with Crippen LogP contribution in [0, 0.1) is 6.92 Å². The van der Waals surface area contributed by atoms with Gasteiger partial charge >= 0.3 is 5.69 Å². The highest BCUT2D eigenvalue weighted by Crippen LogP contribution is 2.22. The topological polar surface area (TPSA) is 110 Å². The van der Waals surface area contributed by atoms with E-state index in [4.69, 9.17) is 0 Å². The second-order valence-electron chi connectivity index (χ2n) is 6.59. The summed E-state index contributed by atoms with van der Waals surface area (Å²) < 4.78 is 1.41. The first-order chi connectivity index (χ1) is 12.8. The van der Waals surface area contributed by atoms with Crippen LogP contribution in [0.25, 0.3) is 11.0 Å². The zero-order valence-corrected chi connectivity index (χ0v) is 16.4. The fourth-order valence-electron chi connectivity index (χ4n) is 2.78. The Morgan fingerprint density at radius 1 is 1.37 bits per heavy atom. The normalized spacial score (nSPS) is 11.3. The van der Waals surface area contributed by atoms with Crippen LogP contribution < -0.4 is 16.6 Å². The fourth-order valence-corrected chi connectivity index (χ4v) is 3.44. The molecule has 3 aromatic heterocycles. The van der Waals surface area contributed by atoms with Gasteiger partial charge in [-0.15, -0.1) is 11.3 Å². The van der Waals surface area contributed by atoms with Crippen LogP contribution >= 0.6 is 11.3 Å². The van der Waals surface area contributed by atoms with Gasteiger partial charge in [-0.05, 0) is 25.3 Å². The molecule has 1 amide bonds. The highest BCUT2D eigenvalue weighted by molar-refractivity contribution is 7.15. The summed E-state index contributed by atoms with van der Waals surface area (Å²) in [5.74, 6) is -0.432. The molecule has 0 atom stereocenters. The summed E-state index contributed by atoms with van der Waals surface area (Å²) in [6, 6.07) is 1.61. The largest absolute Gasteiger partial charge is 0.329 e. The Bertz CT molecular complexity index is 1130. The highest BCUT2D eigenvalue weighted by atomic mass is 32.1. The molecule has 9 heteroatoms. The predicted molar refractivity (Wildman–Crippen MR) is 106 cm³/mol. The van der Waals surface area contributed by atoms with Gasteiger partial charge in [0.15, 0.2) is 10.8 Å². The van der Waals surface area contributed by atoms with Crippen LogP contribution in [-0.4, -0.2) is 25.4 Å². The second-order valence-corrected chi connectivity index (χ2v) is 7.82. The van der Waals surface area contributed by atoms with Crippen LogP contribution in [0.3, 0.4) is 0 Å². The van der Waals surface area contributed by atoms with Crippen molar-refractivity contribution in [3.8, 4) is 0 Å². The number of carbonyl (C=O) groups is 1. The fraction of sp³-hybridized carbons (Fsp3) is 0.389. The Hall–Kier alpha value is -2.81. The first-order valence-corrected chi connectivity index (χ1v) is 9.55. The quantitative estimate of drug-likeness (QED) is 0.699. The monoisotopic (exact) mass is 387 g/mol. The molecular formula is C18H21N5O3S. The smallest absolute Gasteiger partial charge is 0.298 e. The summed E-state index contributed by atoms with van der Waals surface area (Å²) in [5.41, 5.74) is -0.0898. The molecule has 3 heterocycles. The van der Waals surface area contributed by atoms with E-state index in [0.29, 0.717) is 23.8 Å². The molecule has 0 aliphatic rings. The molecule has 0 saturated carbocycles. The lowest BCUT2D eigenvalue weighted by Crippen LogP contribution is -2.32. The van der Waals surface area contributed by atoms with E-state index in [1.165, 1.54) is 15.9 Å². The molecule has 27 heavy (non-hydrogen) atoms. The van der Waals surface area contributed by atoms with Crippen LogP contribution in [0.2, 0.25) is 0 Å². The number of amides is 1. The van der Waals surface area contributed by atoms with Crippen LogP contribution in [-0.2, 0) is 6.54 Å². The number of rotatable bonds is 5. The maximum Gasteiger partial charge on any atom is 0.329 e. The maximum absolute atomic E-state index is 12.9. The molecule has 0 saturated heterocycles. The van der Waals surface area contributed by atoms with Crippen LogP contribution in [0.15, 0.2) is 21.9 Å². The third kappa shape index (κ3) is 3.68. The molecule has 0 aliphatic carbocycles. The van der Waals surface area contributed by atoms with E-state index in [1.807, 2.05) is 27.7 Å². The minimum absolute atomic E-state index is 0.0209. The van der Waals surface area contributed by atoms with E-state index in [1.54, 1.807) is 12.3 Å². The Kier molecular flexibility index (Phi) is 5.22. The number of anilines is 1. The summed E-state index contributed by atoms with van der Waals surface area (Å²) in [5, 5.41) is 3.29. The van der Waals surface area contributed by atoms with Crippen molar-refractivity contribution >= 4 is 33.4 Å². The van der Waals surface area contributed by atoms with E-state index in [9.17, 15) is 14.4 Å². The van der Waals surface area contributed by atoms with Gasteiger partial charge in [0, 0.05) is 23.3 Å². The standard InChI is InChI=1S/C18H21N5O3S/c1-5-6-23-14-13(16(25)22-18(23)26)11(7-12(20-14)9(2)3)15(24)21-17-19-8-10(4)27-17/h7-9H,5-6H2,1-4H3,(H,19,21,24)(H,22,25,26). The van der Waals surface area contributed by atoms with E-state index in [-0.39, 0.29) is 22.5 Å². The van der Waals surface area contributed by atoms with Gasteiger partial charge in [-0.25, -0.2) is 14.8 Å². The number of carbonyl (C=O) groups excluding carboxylic acids is 1. The van der Waals surface area contributed by atoms with E-state index < -0.39 is 17.2 Å². The molecule has 0 radical (unpaired) electrons. The zero-order valence-electron chi connectivity index (χ0n) is 15.6. The lowest BCUT2D eigenvalue weighted by atomic mass is 10.0. The Morgan fingerprint density at radius 2 is 2.11 bits per heavy atom. The number of nitrogens with one attached hydrogen (secondary N) is 2. The van der Waals surface area contributed by atoms with Crippen molar-refractivity contribution in [2.24, 2.45) is 0 Å². The van der Waals surface area contributed by atoms with Crippen molar-refractivity contribution in [2.75, 3.05) is 5.32 Å². The zero-order chi connectivity index (χ0) is 19.7. The second kappa shape index (κ2) is 7.43.